The van der Waals surface area contributed by atoms with Crippen molar-refractivity contribution in [3.8, 4) is 5.75 Å². The van der Waals surface area contributed by atoms with Gasteiger partial charge in [0.15, 0.2) is 0 Å². The summed E-state index contributed by atoms with van der Waals surface area (Å²) < 4.78 is 43.2. The number of rotatable bonds is 6. The van der Waals surface area contributed by atoms with Crippen LogP contribution in [0.1, 0.15) is 0 Å². The highest BCUT2D eigenvalue weighted by molar-refractivity contribution is 9.10. The SMILES string of the molecule is O=S(Cn1cnnn1)c1cc(NS(=O)(=O)c2ccc(Br)cc2)c2ccccc2c1O. The van der Waals surface area contributed by atoms with Gasteiger partial charge < -0.3 is 5.11 Å². The normalized spacial score (nSPS) is 12.7. The van der Waals surface area contributed by atoms with Crippen molar-refractivity contribution in [2.45, 2.75) is 15.7 Å². The first kappa shape index (κ1) is 20.4. The molecule has 0 saturated heterocycles. The molecule has 30 heavy (non-hydrogen) atoms. The molecule has 1 unspecified atom stereocenters. The molecule has 4 rings (SSSR count). The largest absolute Gasteiger partial charge is 0.506 e. The molecule has 0 fully saturated rings. The molecular formula is C18H14BrN5O4S2. The number of tetrazole rings is 1. The number of sulfonamides is 1. The maximum absolute atomic E-state index is 12.9. The molecule has 0 aliphatic heterocycles. The number of phenolic OH excluding ortho intramolecular Hbond substituents is 1. The zero-order chi connectivity index (χ0) is 21.3. The van der Waals surface area contributed by atoms with Crippen molar-refractivity contribution in [2.24, 2.45) is 0 Å². The third-order valence-electron chi connectivity index (χ3n) is 4.24. The van der Waals surface area contributed by atoms with E-state index in [0.717, 1.165) is 4.47 Å². The van der Waals surface area contributed by atoms with Crippen LogP contribution >= 0.6 is 15.9 Å². The van der Waals surface area contributed by atoms with Crippen LogP contribution in [0.2, 0.25) is 0 Å². The van der Waals surface area contributed by atoms with Crippen LogP contribution in [-0.4, -0.2) is 37.9 Å². The van der Waals surface area contributed by atoms with Gasteiger partial charge in [0.05, 0.1) is 26.3 Å². The molecule has 4 aromatic rings. The zero-order valence-electron chi connectivity index (χ0n) is 15.1. The van der Waals surface area contributed by atoms with Gasteiger partial charge in [0.25, 0.3) is 10.0 Å². The van der Waals surface area contributed by atoms with Gasteiger partial charge in [-0.2, -0.15) is 0 Å². The lowest BCUT2D eigenvalue weighted by Gasteiger charge is -2.15. The molecule has 0 aliphatic carbocycles. The second-order valence-corrected chi connectivity index (χ2v) is 10.2. The number of aromatic nitrogens is 4. The molecule has 3 aromatic carbocycles. The van der Waals surface area contributed by atoms with E-state index in [1.165, 1.54) is 29.2 Å². The van der Waals surface area contributed by atoms with Crippen LogP contribution in [0.5, 0.6) is 5.75 Å². The van der Waals surface area contributed by atoms with Crippen molar-refractivity contribution in [3.63, 3.8) is 0 Å². The van der Waals surface area contributed by atoms with Crippen LogP contribution in [0.15, 0.2) is 75.2 Å². The summed E-state index contributed by atoms with van der Waals surface area (Å²) in [6.07, 6.45) is 1.30. The maximum Gasteiger partial charge on any atom is 0.261 e. The highest BCUT2D eigenvalue weighted by atomic mass is 79.9. The van der Waals surface area contributed by atoms with E-state index in [9.17, 15) is 17.7 Å². The number of fused-ring (bicyclic) bond motifs is 1. The number of hydrogen-bond donors (Lipinski definition) is 2. The summed E-state index contributed by atoms with van der Waals surface area (Å²) in [7, 11) is -5.65. The van der Waals surface area contributed by atoms with E-state index in [0.29, 0.717) is 10.8 Å². The predicted octanol–water partition coefficient (Wildman–Crippen LogP) is 2.86. The Morgan fingerprint density at radius 2 is 1.80 bits per heavy atom. The molecule has 1 aromatic heterocycles. The first-order chi connectivity index (χ1) is 14.3. The van der Waals surface area contributed by atoms with E-state index in [1.807, 2.05) is 0 Å². The highest BCUT2D eigenvalue weighted by Crippen LogP contribution is 2.37. The monoisotopic (exact) mass is 507 g/mol. The Morgan fingerprint density at radius 3 is 2.47 bits per heavy atom. The lowest BCUT2D eigenvalue weighted by Crippen LogP contribution is -2.14. The van der Waals surface area contributed by atoms with E-state index in [1.54, 1.807) is 36.4 Å². The summed E-state index contributed by atoms with van der Waals surface area (Å²) in [5, 5.41) is 22.2. The van der Waals surface area contributed by atoms with E-state index in [4.69, 9.17) is 0 Å². The number of aromatic hydroxyl groups is 1. The maximum atomic E-state index is 12.9. The van der Waals surface area contributed by atoms with Crippen LogP contribution in [0, 0.1) is 0 Å². The Labute approximate surface area is 182 Å². The lowest BCUT2D eigenvalue weighted by atomic mass is 10.1. The summed E-state index contributed by atoms with van der Waals surface area (Å²) >= 11 is 3.28. The molecule has 2 N–H and O–H groups in total. The molecule has 1 atom stereocenters. The number of hydrogen-bond acceptors (Lipinski definition) is 7. The van der Waals surface area contributed by atoms with Crippen molar-refractivity contribution in [2.75, 3.05) is 4.72 Å². The molecule has 12 heteroatoms. The summed E-state index contributed by atoms with van der Waals surface area (Å²) in [4.78, 5) is 0.136. The highest BCUT2D eigenvalue weighted by Gasteiger charge is 2.21. The van der Waals surface area contributed by atoms with Crippen molar-refractivity contribution in [3.05, 3.63) is 65.4 Å². The minimum absolute atomic E-state index is 0.0673. The molecule has 0 radical (unpaired) electrons. The Balaban J connectivity index is 1.80. The number of benzene rings is 3. The molecule has 154 valence electrons. The lowest BCUT2D eigenvalue weighted by molar-refractivity contribution is 0.467. The minimum Gasteiger partial charge on any atom is -0.506 e. The number of nitrogens with one attached hydrogen (secondary N) is 1. The van der Waals surface area contributed by atoms with Gasteiger partial charge >= 0.3 is 0 Å². The van der Waals surface area contributed by atoms with E-state index < -0.39 is 20.8 Å². The fourth-order valence-electron chi connectivity index (χ4n) is 2.84. The van der Waals surface area contributed by atoms with Crippen molar-refractivity contribution >= 4 is 53.2 Å². The fraction of sp³-hybridized carbons (Fsp3) is 0.0556. The average Bonchev–Trinajstić information content (AvgIpc) is 3.23. The quantitative estimate of drug-likeness (QED) is 0.384. The minimum atomic E-state index is -3.92. The first-order valence-corrected chi connectivity index (χ1v) is 12.1. The standard InChI is InChI=1S/C18H14BrN5O4S2/c19-12-5-7-13(8-6-12)30(27,28)21-16-9-17(29(26)11-24-10-20-22-23-24)18(25)15-4-2-1-3-14(15)16/h1-10,21,25H,11H2. The van der Waals surface area contributed by atoms with Crippen LogP contribution < -0.4 is 4.72 Å². The first-order valence-electron chi connectivity index (χ1n) is 8.47. The average molecular weight is 508 g/mol. The van der Waals surface area contributed by atoms with Gasteiger partial charge in [-0.3, -0.25) is 8.93 Å². The van der Waals surface area contributed by atoms with Crippen molar-refractivity contribution in [1.82, 2.24) is 20.2 Å². The summed E-state index contributed by atoms with van der Waals surface area (Å²) in [5.74, 6) is -0.291. The molecule has 0 saturated carbocycles. The van der Waals surface area contributed by atoms with E-state index in [-0.39, 0.29) is 27.1 Å². The van der Waals surface area contributed by atoms with Gasteiger partial charge in [0.1, 0.15) is 18.0 Å². The van der Waals surface area contributed by atoms with Gasteiger partial charge in [-0.25, -0.2) is 13.1 Å². The van der Waals surface area contributed by atoms with Crippen molar-refractivity contribution < 1.29 is 17.7 Å². The molecule has 0 aliphatic rings. The van der Waals surface area contributed by atoms with E-state index >= 15 is 0 Å². The van der Waals surface area contributed by atoms with Gasteiger partial charge in [-0.05, 0) is 40.8 Å². The topological polar surface area (TPSA) is 127 Å². The van der Waals surface area contributed by atoms with Crippen LogP contribution in [0.25, 0.3) is 10.8 Å². The molecule has 0 spiro atoms. The zero-order valence-corrected chi connectivity index (χ0v) is 18.4. The van der Waals surface area contributed by atoms with Crippen LogP contribution in [-0.2, 0) is 26.7 Å². The number of nitrogens with zero attached hydrogens (tertiary/aromatic N) is 4. The van der Waals surface area contributed by atoms with Crippen LogP contribution in [0.4, 0.5) is 5.69 Å². The second-order valence-electron chi connectivity index (χ2n) is 6.20. The number of halogens is 1. The molecule has 1 heterocycles. The predicted molar refractivity (Wildman–Crippen MR) is 115 cm³/mol. The van der Waals surface area contributed by atoms with Gasteiger partial charge in [-0.1, -0.05) is 40.2 Å². The van der Waals surface area contributed by atoms with Crippen molar-refractivity contribution in [1.29, 1.82) is 0 Å². The molecule has 9 nitrogen and oxygen atoms in total. The van der Waals surface area contributed by atoms with Gasteiger partial charge in [0.2, 0.25) is 0 Å². The smallest absolute Gasteiger partial charge is 0.261 e. The Kier molecular flexibility index (Phi) is 5.54. The molecule has 0 bridgehead atoms. The Morgan fingerprint density at radius 1 is 1.10 bits per heavy atom. The molecular weight excluding hydrogens is 494 g/mol. The second kappa shape index (κ2) is 8.13. The number of phenols is 1. The molecule has 0 amide bonds. The summed E-state index contributed by atoms with van der Waals surface area (Å²) in [6, 6.07) is 14.3. The third kappa shape index (κ3) is 4.06. The fourth-order valence-corrected chi connectivity index (χ4v) is 5.25. The van der Waals surface area contributed by atoms with Crippen LogP contribution in [0.3, 0.4) is 0 Å². The van der Waals surface area contributed by atoms with Gasteiger partial charge in [-0.15, -0.1) is 5.10 Å². The summed E-state index contributed by atoms with van der Waals surface area (Å²) in [6.45, 7) is 0. The Hall–Kier alpha value is -2.83. The van der Waals surface area contributed by atoms with Gasteiger partial charge in [0, 0.05) is 15.2 Å². The van der Waals surface area contributed by atoms with E-state index in [2.05, 4.69) is 36.2 Å². The number of anilines is 1. The third-order valence-corrected chi connectivity index (χ3v) is 7.45. The summed E-state index contributed by atoms with van der Waals surface area (Å²) in [5.41, 5.74) is 0.200. The Bertz CT molecular complexity index is 1340.